The summed E-state index contributed by atoms with van der Waals surface area (Å²) in [5.41, 5.74) is 2.43. The van der Waals surface area contributed by atoms with E-state index >= 15 is 0 Å². The van der Waals surface area contributed by atoms with Crippen molar-refractivity contribution < 1.29 is 0 Å². The van der Waals surface area contributed by atoms with Gasteiger partial charge in [-0.05, 0) is 12.5 Å². The molecule has 0 amide bonds. The van der Waals surface area contributed by atoms with Gasteiger partial charge in [-0.1, -0.05) is 6.08 Å². The van der Waals surface area contributed by atoms with E-state index in [-0.39, 0.29) is 0 Å². The third kappa shape index (κ3) is 1.24. The van der Waals surface area contributed by atoms with Gasteiger partial charge in [0.05, 0.1) is 28.8 Å². The maximum Gasteiger partial charge on any atom is 0.0671 e. The summed E-state index contributed by atoms with van der Waals surface area (Å²) in [4.78, 5) is 7.65. The topological polar surface area (TPSA) is 52.7 Å². The van der Waals surface area contributed by atoms with Crippen LogP contribution < -0.4 is 21.2 Å². The summed E-state index contributed by atoms with van der Waals surface area (Å²) >= 11 is 0. The second-order valence-corrected chi connectivity index (χ2v) is 4.62. The van der Waals surface area contributed by atoms with Crippen LogP contribution in [0.25, 0.3) is 22.7 Å². The lowest BCUT2D eigenvalue weighted by Gasteiger charge is -2.28. The van der Waals surface area contributed by atoms with Crippen LogP contribution in [-0.2, 0) is 0 Å². The highest BCUT2D eigenvalue weighted by molar-refractivity contribution is 5.81. The molecule has 0 bridgehead atoms. The zero-order valence-corrected chi connectivity index (χ0v) is 9.46. The first-order valence-electron chi connectivity index (χ1n) is 6.07. The first-order valence-corrected chi connectivity index (χ1v) is 6.07. The fraction of sp³-hybridized carbons (Fsp3) is 0.308. The molecule has 2 aromatic rings. The molecule has 1 aliphatic heterocycles. The molecule has 1 atom stereocenters. The maximum absolute atomic E-state index is 4.17. The largest absolute Gasteiger partial charge is 0.384 e. The smallest absolute Gasteiger partial charge is 0.0671 e. The van der Waals surface area contributed by atoms with Gasteiger partial charge >= 0.3 is 0 Å². The van der Waals surface area contributed by atoms with E-state index in [0.29, 0.717) is 6.04 Å². The van der Waals surface area contributed by atoms with E-state index in [0.717, 1.165) is 25.0 Å². The summed E-state index contributed by atoms with van der Waals surface area (Å²) in [6.45, 7) is 2.04. The van der Waals surface area contributed by atoms with Gasteiger partial charge in [0.2, 0.25) is 0 Å². The van der Waals surface area contributed by atoms with Gasteiger partial charge in [0.1, 0.15) is 0 Å². The fourth-order valence-corrected chi connectivity index (χ4v) is 2.86. The second-order valence-electron chi connectivity index (χ2n) is 4.62. The van der Waals surface area contributed by atoms with Crippen LogP contribution in [0.3, 0.4) is 0 Å². The zero-order valence-electron chi connectivity index (χ0n) is 9.46. The monoisotopic (exact) mass is 226 g/mol. The lowest BCUT2D eigenvalue weighted by molar-refractivity contribution is 0.534. The molecule has 4 nitrogen and oxygen atoms in total. The predicted octanol–water partition coefficient (Wildman–Crippen LogP) is -0.583. The Morgan fingerprint density at radius 1 is 1.29 bits per heavy atom. The first kappa shape index (κ1) is 9.24. The predicted molar refractivity (Wildman–Crippen MR) is 67.6 cm³/mol. The number of aromatic amines is 1. The third-order valence-electron chi connectivity index (χ3n) is 3.65. The molecule has 2 aliphatic rings. The van der Waals surface area contributed by atoms with Crippen molar-refractivity contribution in [3.63, 3.8) is 0 Å². The number of hydrogen-bond donors (Lipinski definition) is 3. The third-order valence-corrected chi connectivity index (χ3v) is 3.65. The molecule has 0 saturated carbocycles. The Balaban J connectivity index is 2.13. The Bertz CT molecular complexity index is 698. The minimum atomic E-state index is 0.442. The molecular formula is C13H14N4. The number of nitrogens with one attached hydrogen (secondary N) is 3. The minimum absolute atomic E-state index is 0.442. The van der Waals surface area contributed by atoms with Gasteiger partial charge in [-0.2, -0.15) is 0 Å². The molecule has 2 aromatic heterocycles. The Morgan fingerprint density at radius 3 is 3.29 bits per heavy atom. The minimum Gasteiger partial charge on any atom is -0.384 e. The first-order chi connectivity index (χ1) is 8.43. The van der Waals surface area contributed by atoms with Gasteiger partial charge in [0, 0.05) is 29.9 Å². The van der Waals surface area contributed by atoms with Gasteiger partial charge in [-0.15, -0.1) is 0 Å². The van der Waals surface area contributed by atoms with Crippen molar-refractivity contribution in [1.82, 2.24) is 20.6 Å². The summed E-state index contributed by atoms with van der Waals surface area (Å²) < 4.78 is 0. The van der Waals surface area contributed by atoms with Gasteiger partial charge < -0.3 is 15.6 Å². The van der Waals surface area contributed by atoms with E-state index < -0.39 is 0 Å². The molecule has 1 saturated heterocycles. The van der Waals surface area contributed by atoms with Crippen LogP contribution in [0.15, 0.2) is 18.5 Å². The lowest BCUT2D eigenvalue weighted by atomic mass is 10.0. The summed E-state index contributed by atoms with van der Waals surface area (Å²) in [6, 6.07) is 2.52. The van der Waals surface area contributed by atoms with Gasteiger partial charge in [-0.25, -0.2) is 0 Å². The number of H-pyrrole nitrogens is 1. The van der Waals surface area contributed by atoms with Crippen molar-refractivity contribution in [2.75, 3.05) is 13.1 Å². The summed E-state index contributed by atoms with van der Waals surface area (Å²) in [7, 11) is 0. The molecule has 86 valence electrons. The van der Waals surface area contributed by atoms with Gasteiger partial charge in [0.15, 0.2) is 0 Å². The molecule has 1 aliphatic carbocycles. The Morgan fingerprint density at radius 2 is 2.29 bits per heavy atom. The number of nitrogens with zero attached hydrogens (tertiary/aromatic N) is 1. The number of fused-ring (bicyclic) bond motifs is 4. The lowest BCUT2D eigenvalue weighted by Crippen LogP contribution is -2.52. The number of piperazine rings is 1. The number of pyridine rings is 1. The van der Waals surface area contributed by atoms with E-state index in [4.69, 9.17) is 0 Å². The van der Waals surface area contributed by atoms with Crippen LogP contribution in [0, 0.1) is 0 Å². The molecule has 4 heteroatoms. The van der Waals surface area contributed by atoms with Crippen molar-refractivity contribution in [1.29, 1.82) is 0 Å². The summed E-state index contributed by atoms with van der Waals surface area (Å²) in [6.07, 6.45) is 7.13. The van der Waals surface area contributed by atoms with Crippen LogP contribution in [0.5, 0.6) is 0 Å². The van der Waals surface area contributed by atoms with Crippen LogP contribution in [0.2, 0.25) is 0 Å². The van der Waals surface area contributed by atoms with E-state index in [2.05, 4.69) is 32.7 Å². The standard InChI is InChI=1S/C13H14N4/c1-2-10-13(16-6-5-15-10)12-9(1)8-3-4-14-7-11(8)17-12/h1,3-4,7,10,15-17H,2,5-6H2. The van der Waals surface area contributed by atoms with Crippen LogP contribution in [0.4, 0.5) is 0 Å². The quantitative estimate of drug-likeness (QED) is 0.563. The molecule has 3 N–H and O–H groups in total. The number of hydrogen-bond acceptors (Lipinski definition) is 3. The number of aromatic nitrogens is 2. The average molecular weight is 226 g/mol. The fourth-order valence-electron chi connectivity index (χ4n) is 2.86. The number of rotatable bonds is 0. The molecule has 3 heterocycles. The molecule has 0 aromatic carbocycles. The second kappa shape index (κ2) is 3.34. The van der Waals surface area contributed by atoms with Crippen LogP contribution in [-0.4, -0.2) is 29.1 Å². The van der Waals surface area contributed by atoms with E-state index in [1.54, 1.807) is 0 Å². The van der Waals surface area contributed by atoms with Crippen molar-refractivity contribution in [2.24, 2.45) is 0 Å². The normalized spacial score (nSPS) is 22.6. The molecular weight excluding hydrogens is 212 g/mol. The molecule has 1 unspecified atom stereocenters. The maximum atomic E-state index is 4.17. The van der Waals surface area contributed by atoms with Crippen molar-refractivity contribution in [3.05, 3.63) is 29.0 Å². The van der Waals surface area contributed by atoms with Crippen molar-refractivity contribution in [2.45, 2.75) is 12.5 Å². The highest BCUT2D eigenvalue weighted by Crippen LogP contribution is 2.12. The molecule has 0 radical (unpaired) electrons. The Labute approximate surface area is 98.4 Å². The van der Waals surface area contributed by atoms with E-state index in [1.165, 1.54) is 21.7 Å². The van der Waals surface area contributed by atoms with E-state index in [9.17, 15) is 0 Å². The van der Waals surface area contributed by atoms with Gasteiger partial charge in [0.25, 0.3) is 0 Å². The molecule has 4 rings (SSSR count). The van der Waals surface area contributed by atoms with Crippen LogP contribution >= 0.6 is 0 Å². The zero-order chi connectivity index (χ0) is 11.2. The van der Waals surface area contributed by atoms with Crippen LogP contribution in [0.1, 0.15) is 6.42 Å². The molecule has 1 fully saturated rings. The highest BCUT2D eigenvalue weighted by atomic mass is 15.1. The van der Waals surface area contributed by atoms with Crippen molar-refractivity contribution in [3.8, 4) is 0 Å². The molecule has 17 heavy (non-hydrogen) atoms. The highest BCUT2D eigenvalue weighted by Gasteiger charge is 2.21. The average Bonchev–Trinajstić information content (AvgIpc) is 2.78. The Hall–Kier alpha value is -1.81. The van der Waals surface area contributed by atoms with Gasteiger partial charge in [-0.3, -0.25) is 4.98 Å². The summed E-state index contributed by atoms with van der Waals surface area (Å²) in [5, 5.41) is 10.9. The SMILES string of the molecule is C1=c2c([nH]c3cnccc23)=C2NCCNC2C1. The molecule has 0 spiro atoms. The Kier molecular flexibility index (Phi) is 1.82. The van der Waals surface area contributed by atoms with Crippen molar-refractivity contribution >= 4 is 22.7 Å². The summed E-state index contributed by atoms with van der Waals surface area (Å²) in [5.74, 6) is 0. The van der Waals surface area contributed by atoms with E-state index in [1.807, 2.05) is 12.4 Å².